The molecule has 0 saturated heterocycles. The number of nitrogens with one attached hydrogen (secondary N) is 1. The van der Waals surface area contributed by atoms with Crippen LogP contribution >= 0.6 is 0 Å². The minimum Gasteiger partial charge on any atom is -0.361 e. The van der Waals surface area contributed by atoms with Crippen molar-refractivity contribution in [3.63, 3.8) is 0 Å². The van der Waals surface area contributed by atoms with Crippen molar-refractivity contribution in [3.8, 4) is 36.4 Å². The van der Waals surface area contributed by atoms with Gasteiger partial charge < -0.3 is 5.32 Å². The van der Waals surface area contributed by atoms with Crippen LogP contribution in [0.4, 0.5) is 11.4 Å². The van der Waals surface area contributed by atoms with E-state index < -0.39 is 6.04 Å². The number of anilines is 1. The number of benzene rings is 1. The SMILES string of the molecule is N#CC1=Nc2c(c3nc(C#N)c(C#N)nc3c3nc(C#N)c(C#N)nc23)NC1C#N. The quantitative estimate of drug-likeness (QED) is 0.536. The van der Waals surface area contributed by atoms with Gasteiger partial charge >= 0.3 is 0 Å². The molecule has 0 bridgehead atoms. The van der Waals surface area contributed by atoms with E-state index in [2.05, 4.69) is 30.2 Å². The fourth-order valence-electron chi connectivity index (χ4n) is 2.91. The molecule has 1 aliphatic rings. The average Bonchev–Trinajstić information content (AvgIpc) is 2.81. The highest BCUT2D eigenvalue weighted by Crippen LogP contribution is 2.42. The normalized spacial score (nSPS) is 13.9. The van der Waals surface area contributed by atoms with Gasteiger partial charge in [0.1, 0.15) is 58.1 Å². The first kappa shape index (κ1) is 17.7. The second-order valence-corrected chi connectivity index (χ2v) is 5.72. The van der Waals surface area contributed by atoms with Gasteiger partial charge in [0.05, 0.1) is 11.8 Å². The van der Waals surface area contributed by atoms with Gasteiger partial charge in [-0.25, -0.2) is 24.9 Å². The van der Waals surface area contributed by atoms with Crippen LogP contribution in [0.5, 0.6) is 0 Å². The first-order valence-electron chi connectivity index (χ1n) is 7.94. The average molecular weight is 386 g/mol. The fraction of sp³-hybridized carbons (Fsp3) is 0.0556. The first-order valence-corrected chi connectivity index (χ1v) is 7.94. The van der Waals surface area contributed by atoms with Gasteiger partial charge in [0.25, 0.3) is 0 Å². The van der Waals surface area contributed by atoms with E-state index in [-0.39, 0.29) is 61.9 Å². The van der Waals surface area contributed by atoms with Gasteiger partial charge in [0.2, 0.25) is 0 Å². The smallest absolute Gasteiger partial charge is 0.177 e. The lowest BCUT2D eigenvalue weighted by molar-refractivity contribution is 1.12. The van der Waals surface area contributed by atoms with Crippen molar-refractivity contribution in [2.45, 2.75) is 6.04 Å². The lowest BCUT2D eigenvalue weighted by Crippen LogP contribution is -2.29. The van der Waals surface area contributed by atoms with E-state index in [0.29, 0.717) is 0 Å². The molecule has 3 aromatic rings. The lowest BCUT2D eigenvalue weighted by Gasteiger charge is -2.21. The van der Waals surface area contributed by atoms with Crippen molar-refractivity contribution in [1.29, 1.82) is 31.6 Å². The van der Waals surface area contributed by atoms with Crippen molar-refractivity contribution in [2.75, 3.05) is 5.32 Å². The summed E-state index contributed by atoms with van der Waals surface area (Å²) >= 11 is 0. The van der Waals surface area contributed by atoms with E-state index in [0.717, 1.165) is 0 Å². The summed E-state index contributed by atoms with van der Waals surface area (Å²) in [5.74, 6) is 0. The molecule has 30 heavy (non-hydrogen) atoms. The summed E-state index contributed by atoms with van der Waals surface area (Å²) in [6, 6.07) is 9.67. The van der Waals surface area contributed by atoms with Crippen LogP contribution in [0.3, 0.4) is 0 Å². The molecule has 12 nitrogen and oxygen atoms in total. The maximum atomic E-state index is 9.35. The Hall–Kier alpha value is -5.69. The first-order chi connectivity index (χ1) is 14.6. The van der Waals surface area contributed by atoms with E-state index in [1.165, 1.54) is 0 Å². The van der Waals surface area contributed by atoms with Gasteiger partial charge in [-0.1, -0.05) is 0 Å². The largest absolute Gasteiger partial charge is 0.361 e. The Labute approximate surface area is 166 Å². The lowest BCUT2D eigenvalue weighted by atomic mass is 10.1. The van der Waals surface area contributed by atoms with Crippen LogP contribution in [0.25, 0.3) is 22.1 Å². The molecule has 1 unspecified atom stereocenters. The highest BCUT2D eigenvalue weighted by atomic mass is 15.1. The number of aromatic nitrogens is 4. The molecule has 0 spiro atoms. The molecule has 12 heteroatoms. The van der Waals surface area contributed by atoms with Crippen molar-refractivity contribution >= 4 is 39.2 Å². The minimum absolute atomic E-state index is 0.00559. The van der Waals surface area contributed by atoms with Crippen molar-refractivity contribution in [1.82, 2.24) is 19.9 Å². The molecule has 1 aliphatic heterocycles. The molecule has 0 radical (unpaired) electrons. The Morgan fingerprint density at radius 1 is 0.600 bits per heavy atom. The van der Waals surface area contributed by atoms with Gasteiger partial charge in [-0.15, -0.1) is 0 Å². The zero-order valence-electron chi connectivity index (χ0n) is 14.5. The van der Waals surface area contributed by atoms with Gasteiger partial charge in [0.15, 0.2) is 34.5 Å². The van der Waals surface area contributed by atoms with Crippen LogP contribution in [0, 0.1) is 68.0 Å². The second-order valence-electron chi connectivity index (χ2n) is 5.72. The number of fused-ring (bicyclic) bond motifs is 6. The van der Waals surface area contributed by atoms with Crippen LogP contribution in [0.2, 0.25) is 0 Å². The van der Waals surface area contributed by atoms with E-state index in [4.69, 9.17) is 0 Å². The molecule has 2 aromatic heterocycles. The summed E-state index contributed by atoms with van der Waals surface area (Å²) in [6.07, 6.45) is 0. The molecule has 1 aromatic carbocycles. The molecule has 0 amide bonds. The maximum absolute atomic E-state index is 9.35. The van der Waals surface area contributed by atoms with E-state index in [1.54, 1.807) is 24.3 Å². The molecule has 1 N–H and O–H groups in total. The molecule has 0 saturated carbocycles. The zero-order chi connectivity index (χ0) is 21.4. The number of aliphatic imine (C=N–C) groups is 1. The van der Waals surface area contributed by atoms with Crippen LogP contribution < -0.4 is 5.32 Å². The summed E-state index contributed by atoms with van der Waals surface area (Å²) in [6.45, 7) is 0. The van der Waals surface area contributed by atoms with Crippen LogP contribution in [-0.4, -0.2) is 31.7 Å². The summed E-state index contributed by atoms with van der Waals surface area (Å²) in [5.41, 5.74) is -0.954. The maximum Gasteiger partial charge on any atom is 0.177 e. The summed E-state index contributed by atoms with van der Waals surface area (Å²) in [5, 5.41) is 58.7. The molecule has 4 rings (SSSR count). The third-order valence-electron chi connectivity index (χ3n) is 4.18. The standard InChI is InChI=1S/C18H2N12/c19-1-7-8(2-20)26-14-13(25-7)15-17(29-10(4-22)9(3-21)27-15)18-16(14)28-11(5-23)12(6-24)30-18/h7,25H. The Kier molecular flexibility index (Phi) is 3.83. The summed E-state index contributed by atoms with van der Waals surface area (Å²) in [7, 11) is 0. The third kappa shape index (κ3) is 2.30. The Bertz CT molecular complexity index is 1590. The number of rotatable bonds is 0. The second kappa shape index (κ2) is 6.48. The fourth-order valence-corrected chi connectivity index (χ4v) is 2.91. The van der Waals surface area contributed by atoms with E-state index in [1.807, 2.05) is 12.1 Å². The number of hydrogen-bond acceptors (Lipinski definition) is 12. The monoisotopic (exact) mass is 386 g/mol. The summed E-state index contributed by atoms with van der Waals surface area (Å²) in [4.78, 5) is 20.8. The molecule has 1 atom stereocenters. The van der Waals surface area contributed by atoms with E-state index in [9.17, 15) is 31.6 Å². The highest BCUT2D eigenvalue weighted by Gasteiger charge is 2.30. The van der Waals surface area contributed by atoms with E-state index >= 15 is 0 Å². The van der Waals surface area contributed by atoms with Crippen LogP contribution in [0.15, 0.2) is 4.99 Å². The van der Waals surface area contributed by atoms with Crippen LogP contribution in [0.1, 0.15) is 22.8 Å². The van der Waals surface area contributed by atoms with Gasteiger partial charge in [0, 0.05) is 0 Å². The summed E-state index contributed by atoms with van der Waals surface area (Å²) < 4.78 is 0. The van der Waals surface area contributed by atoms with Crippen LogP contribution in [-0.2, 0) is 0 Å². The Balaban J connectivity index is 2.31. The molecule has 3 heterocycles. The number of nitrogens with zero attached hydrogens (tertiary/aromatic N) is 11. The topological polar surface area (TPSA) is 219 Å². The van der Waals surface area contributed by atoms with Gasteiger partial charge in [-0.2, -0.15) is 31.6 Å². The predicted octanol–water partition coefficient (Wildman–Crippen LogP) is 0.973. The Morgan fingerprint density at radius 3 is 1.53 bits per heavy atom. The van der Waals surface area contributed by atoms with Crippen molar-refractivity contribution in [3.05, 3.63) is 22.8 Å². The molecule has 0 fully saturated rings. The third-order valence-corrected chi connectivity index (χ3v) is 4.18. The minimum atomic E-state index is -1.10. The van der Waals surface area contributed by atoms with Crippen molar-refractivity contribution < 1.29 is 0 Å². The number of hydrogen-bond donors (Lipinski definition) is 1. The van der Waals surface area contributed by atoms with Gasteiger partial charge in [-0.3, -0.25) is 0 Å². The molecular weight excluding hydrogens is 384 g/mol. The molecule has 0 aliphatic carbocycles. The van der Waals surface area contributed by atoms with Crippen molar-refractivity contribution in [2.24, 2.45) is 4.99 Å². The molecule has 134 valence electrons. The Morgan fingerprint density at radius 2 is 1.07 bits per heavy atom. The molecular formula is C18H2N12. The van der Waals surface area contributed by atoms with Gasteiger partial charge in [-0.05, 0) is 0 Å². The zero-order valence-corrected chi connectivity index (χ0v) is 14.5. The predicted molar refractivity (Wildman–Crippen MR) is 97.2 cm³/mol. The number of nitriles is 6. The highest BCUT2D eigenvalue weighted by molar-refractivity contribution is 6.20.